The normalized spacial score (nSPS) is 25.9. The molecule has 1 atom stereocenters. The highest BCUT2D eigenvalue weighted by atomic mass is 16.5. The Balaban J connectivity index is 1.91. The van der Waals surface area contributed by atoms with Gasteiger partial charge in [-0.25, -0.2) is 0 Å². The van der Waals surface area contributed by atoms with Crippen molar-refractivity contribution in [3.05, 3.63) is 0 Å². The molecule has 1 aliphatic heterocycles. The van der Waals surface area contributed by atoms with Crippen LogP contribution in [0.2, 0.25) is 0 Å². The summed E-state index contributed by atoms with van der Waals surface area (Å²) in [6.07, 6.45) is 3.19. The molecule has 1 saturated heterocycles. The zero-order valence-corrected chi connectivity index (χ0v) is 10.1. The quantitative estimate of drug-likeness (QED) is 0.770. The van der Waals surface area contributed by atoms with E-state index < -0.39 is 5.97 Å². The van der Waals surface area contributed by atoms with Gasteiger partial charge in [-0.1, -0.05) is 0 Å². The molecule has 1 unspecified atom stereocenters. The maximum Gasteiger partial charge on any atom is 0.308 e. The summed E-state index contributed by atoms with van der Waals surface area (Å²) < 4.78 is 5.02. The smallest absolute Gasteiger partial charge is 0.308 e. The standard InChI is InChI=1S/C12H19NO4/c1-17-7-5-12(3-4-12)11(16)13-6-2-9(8-13)10(14)15/h9H,2-8H2,1H3,(H,14,15). The van der Waals surface area contributed by atoms with Crippen molar-refractivity contribution in [3.8, 4) is 0 Å². The summed E-state index contributed by atoms with van der Waals surface area (Å²) in [7, 11) is 1.64. The van der Waals surface area contributed by atoms with Crippen molar-refractivity contribution in [2.24, 2.45) is 11.3 Å². The fourth-order valence-corrected chi connectivity index (χ4v) is 2.50. The van der Waals surface area contributed by atoms with Crippen LogP contribution < -0.4 is 0 Å². The minimum Gasteiger partial charge on any atom is -0.481 e. The molecule has 2 fully saturated rings. The number of hydrogen-bond acceptors (Lipinski definition) is 3. The third-order valence-electron chi connectivity index (χ3n) is 3.92. The van der Waals surface area contributed by atoms with Gasteiger partial charge in [0, 0.05) is 26.8 Å². The number of aliphatic carboxylic acids is 1. The van der Waals surface area contributed by atoms with Gasteiger partial charge in [0.1, 0.15) is 0 Å². The summed E-state index contributed by atoms with van der Waals surface area (Å²) in [6, 6.07) is 0. The van der Waals surface area contributed by atoms with Gasteiger partial charge in [0.2, 0.25) is 5.91 Å². The van der Waals surface area contributed by atoms with Crippen LogP contribution in [0, 0.1) is 11.3 Å². The van der Waals surface area contributed by atoms with Gasteiger partial charge in [0.05, 0.1) is 11.3 Å². The van der Waals surface area contributed by atoms with Crippen LogP contribution in [-0.2, 0) is 14.3 Å². The summed E-state index contributed by atoms with van der Waals surface area (Å²) >= 11 is 0. The van der Waals surface area contributed by atoms with Crippen LogP contribution in [0.3, 0.4) is 0 Å². The molecule has 17 heavy (non-hydrogen) atoms. The second-order valence-electron chi connectivity index (χ2n) is 5.10. The lowest BCUT2D eigenvalue weighted by Crippen LogP contribution is -2.36. The maximum absolute atomic E-state index is 12.3. The number of carboxylic acids is 1. The molecule has 5 nitrogen and oxygen atoms in total. The second kappa shape index (κ2) is 4.64. The highest BCUT2D eigenvalue weighted by Crippen LogP contribution is 2.50. The molecule has 5 heteroatoms. The minimum absolute atomic E-state index is 0.137. The number of carbonyl (C=O) groups is 2. The predicted octanol–water partition coefficient (Wildman–Crippen LogP) is 0.736. The van der Waals surface area contributed by atoms with Crippen LogP contribution in [0.25, 0.3) is 0 Å². The zero-order chi connectivity index (χ0) is 12.5. The molecule has 1 N–H and O–H groups in total. The van der Waals surface area contributed by atoms with Crippen LogP contribution in [0.4, 0.5) is 0 Å². The molecule has 0 aromatic heterocycles. The summed E-state index contributed by atoms with van der Waals surface area (Å²) in [5.41, 5.74) is -0.233. The van der Waals surface area contributed by atoms with Crippen molar-refractivity contribution >= 4 is 11.9 Å². The highest BCUT2D eigenvalue weighted by molar-refractivity contribution is 5.86. The number of carboxylic acid groups (broad SMARTS) is 1. The van der Waals surface area contributed by atoms with Crippen LogP contribution in [0.5, 0.6) is 0 Å². The molecule has 0 aromatic carbocycles. The zero-order valence-electron chi connectivity index (χ0n) is 10.1. The Labute approximate surface area is 101 Å². The molecule has 0 aromatic rings. The molecule has 1 amide bonds. The Hall–Kier alpha value is -1.10. The van der Waals surface area contributed by atoms with E-state index in [0.717, 1.165) is 19.3 Å². The SMILES string of the molecule is COCCC1(C(=O)N2CCC(C(=O)O)C2)CC1. The van der Waals surface area contributed by atoms with Crippen LogP contribution >= 0.6 is 0 Å². The van der Waals surface area contributed by atoms with Gasteiger partial charge in [-0.3, -0.25) is 9.59 Å². The molecule has 96 valence electrons. The molecule has 2 aliphatic rings. The second-order valence-corrected chi connectivity index (χ2v) is 5.10. The maximum atomic E-state index is 12.3. The predicted molar refractivity (Wildman–Crippen MR) is 60.5 cm³/mol. The van der Waals surface area contributed by atoms with Gasteiger partial charge in [-0.15, -0.1) is 0 Å². The lowest BCUT2D eigenvalue weighted by atomic mass is 10.0. The van der Waals surface area contributed by atoms with Gasteiger partial charge < -0.3 is 14.7 Å². The van der Waals surface area contributed by atoms with Crippen molar-refractivity contribution in [1.29, 1.82) is 0 Å². The van der Waals surface area contributed by atoms with E-state index in [2.05, 4.69) is 0 Å². The molecular formula is C12H19NO4. The fraction of sp³-hybridized carbons (Fsp3) is 0.833. The first kappa shape index (κ1) is 12.4. The van der Waals surface area contributed by atoms with Crippen LogP contribution in [-0.4, -0.2) is 48.7 Å². The number of carbonyl (C=O) groups excluding carboxylic acids is 1. The Morgan fingerprint density at radius 3 is 2.65 bits per heavy atom. The average Bonchev–Trinajstić information content (AvgIpc) is 2.92. The number of likely N-dealkylation sites (tertiary alicyclic amines) is 1. The van der Waals surface area contributed by atoms with Gasteiger partial charge in [0.15, 0.2) is 0 Å². The average molecular weight is 241 g/mol. The van der Waals surface area contributed by atoms with Crippen LogP contribution in [0.15, 0.2) is 0 Å². The minimum atomic E-state index is -0.790. The van der Waals surface area contributed by atoms with E-state index in [-0.39, 0.29) is 17.2 Å². The molecule has 0 bridgehead atoms. The molecule has 0 spiro atoms. The fourth-order valence-electron chi connectivity index (χ4n) is 2.50. The molecular weight excluding hydrogens is 222 g/mol. The summed E-state index contributed by atoms with van der Waals surface area (Å²) in [6.45, 7) is 1.56. The first-order valence-corrected chi connectivity index (χ1v) is 6.10. The van der Waals surface area contributed by atoms with E-state index in [9.17, 15) is 9.59 Å². The number of hydrogen-bond donors (Lipinski definition) is 1. The van der Waals surface area contributed by atoms with Crippen molar-refractivity contribution in [2.45, 2.75) is 25.7 Å². The summed E-state index contributed by atoms with van der Waals surface area (Å²) in [5.74, 6) is -1.03. The summed E-state index contributed by atoms with van der Waals surface area (Å²) in [5, 5.41) is 8.91. The van der Waals surface area contributed by atoms with Gasteiger partial charge in [-0.05, 0) is 25.7 Å². The topological polar surface area (TPSA) is 66.8 Å². The van der Waals surface area contributed by atoms with Gasteiger partial charge >= 0.3 is 5.97 Å². The number of rotatable bonds is 5. The Bertz CT molecular complexity index is 324. The van der Waals surface area contributed by atoms with Gasteiger partial charge in [0.25, 0.3) is 0 Å². The molecule has 1 heterocycles. The van der Waals surface area contributed by atoms with Crippen LogP contribution in [0.1, 0.15) is 25.7 Å². The molecule has 0 radical (unpaired) electrons. The number of amides is 1. The number of methoxy groups -OCH3 is 1. The molecule has 1 saturated carbocycles. The van der Waals surface area contributed by atoms with Crippen molar-refractivity contribution < 1.29 is 19.4 Å². The van der Waals surface area contributed by atoms with E-state index in [1.165, 1.54) is 0 Å². The summed E-state index contributed by atoms with van der Waals surface area (Å²) in [4.78, 5) is 24.9. The number of ether oxygens (including phenoxy) is 1. The Morgan fingerprint density at radius 1 is 1.47 bits per heavy atom. The first-order chi connectivity index (χ1) is 8.09. The van der Waals surface area contributed by atoms with Crippen molar-refractivity contribution in [3.63, 3.8) is 0 Å². The molecule has 1 aliphatic carbocycles. The molecule has 2 rings (SSSR count). The highest BCUT2D eigenvalue weighted by Gasteiger charge is 2.52. The van der Waals surface area contributed by atoms with E-state index in [4.69, 9.17) is 9.84 Å². The monoisotopic (exact) mass is 241 g/mol. The Morgan fingerprint density at radius 2 is 2.18 bits per heavy atom. The lowest BCUT2D eigenvalue weighted by Gasteiger charge is -2.22. The first-order valence-electron chi connectivity index (χ1n) is 6.10. The van der Waals surface area contributed by atoms with Gasteiger partial charge in [-0.2, -0.15) is 0 Å². The lowest BCUT2D eigenvalue weighted by molar-refractivity contribution is -0.142. The van der Waals surface area contributed by atoms with Crippen molar-refractivity contribution in [2.75, 3.05) is 26.8 Å². The van der Waals surface area contributed by atoms with E-state index in [1.807, 2.05) is 0 Å². The van der Waals surface area contributed by atoms with E-state index in [1.54, 1.807) is 12.0 Å². The third kappa shape index (κ3) is 2.44. The van der Waals surface area contributed by atoms with E-state index >= 15 is 0 Å². The largest absolute Gasteiger partial charge is 0.481 e. The van der Waals surface area contributed by atoms with E-state index in [0.29, 0.717) is 26.1 Å². The van der Waals surface area contributed by atoms with Crippen molar-refractivity contribution in [1.82, 2.24) is 4.90 Å². The third-order valence-corrected chi connectivity index (χ3v) is 3.92. The Kier molecular flexibility index (Phi) is 3.38. The number of nitrogens with zero attached hydrogens (tertiary/aromatic N) is 1.